The molecular weight excluding hydrogens is 1000 g/mol. The van der Waals surface area contributed by atoms with E-state index in [2.05, 4.69) is 28.6 Å². The average molecular weight is 1060 g/mol. The zero-order valence-electron chi connectivity index (χ0n) is 41.2. The Kier molecular flexibility index (Phi) is 19.3. The number of allylic oxidation sites excluding steroid dienone is 8. The van der Waals surface area contributed by atoms with Crippen LogP contribution < -0.4 is 69.3 Å². The smallest absolute Gasteiger partial charge is 0.748 e. The van der Waals surface area contributed by atoms with Gasteiger partial charge in [0.1, 0.15) is 26.8 Å². The van der Waals surface area contributed by atoms with E-state index in [4.69, 9.17) is 0 Å². The maximum atomic E-state index is 12.6. The molecule has 0 unspecified atom stereocenters. The molecule has 3 aliphatic rings. The number of hydrogen-bond donors (Lipinski definition) is 1. The number of hydrogen-bond acceptors (Lipinski definition) is 13. The van der Waals surface area contributed by atoms with Crippen molar-refractivity contribution in [3.8, 4) is 0 Å². The molecule has 1 N–H and O–H groups in total. The van der Waals surface area contributed by atoms with Gasteiger partial charge in [-0.25, -0.2) is 25.3 Å². The summed E-state index contributed by atoms with van der Waals surface area (Å²) in [5, 5.41) is 5.55. The fourth-order valence-corrected chi connectivity index (χ4v) is 11.3. The van der Waals surface area contributed by atoms with E-state index in [1.807, 2.05) is 74.6 Å². The first-order valence-corrected chi connectivity index (χ1v) is 27.2. The normalized spacial score (nSPS) is 17.0. The molecule has 0 aliphatic carbocycles. The van der Waals surface area contributed by atoms with Crippen LogP contribution in [0.25, 0.3) is 21.5 Å². The van der Waals surface area contributed by atoms with E-state index < -0.39 is 58.8 Å². The van der Waals surface area contributed by atoms with E-state index in [1.54, 1.807) is 18.2 Å². The van der Waals surface area contributed by atoms with E-state index in [0.717, 1.165) is 62.4 Å². The second kappa shape index (κ2) is 23.6. The van der Waals surface area contributed by atoms with E-state index in [9.17, 15) is 53.3 Å². The molecule has 0 saturated carbocycles. The predicted octanol–water partition coefficient (Wildman–Crippen LogP) is 0.463. The summed E-state index contributed by atoms with van der Waals surface area (Å²) in [5.41, 5.74) is 4.34. The summed E-state index contributed by atoms with van der Waals surface area (Å²) in [4.78, 5) is 38.7. The van der Waals surface area contributed by atoms with Gasteiger partial charge in [0.05, 0.1) is 25.3 Å². The molecule has 0 radical (unpaired) electrons. The van der Waals surface area contributed by atoms with E-state index in [0.29, 0.717) is 36.7 Å². The number of imide groups is 1. The second-order valence-electron chi connectivity index (χ2n) is 18.5. The van der Waals surface area contributed by atoms with Gasteiger partial charge in [-0.2, -0.15) is 4.58 Å². The Morgan fingerprint density at radius 1 is 0.653 bits per heavy atom. The van der Waals surface area contributed by atoms with Crippen molar-refractivity contribution in [2.45, 2.75) is 86.8 Å². The minimum Gasteiger partial charge on any atom is -0.748 e. The van der Waals surface area contributed by atoms with E-state index in [-0.39, 0.29) is 101 Å². The average Bonchev–Trinajstić information content (AvgIpc) is 3.80. The minimum absolute atomic E-state index is 0. The number of amides is 3. The van der Waals surface area contributed by atoms with Crippen molar-refractivity contribution < 1.29 is 117 Å². The van der Waals surface area contributed by atoms with Gasteiger partial charge in [0.25, 0.3) is 11.8 Å². The van der Waals surface area contributed by atoms with Gasteiger partial charge in [-0.1, -0.05) is 62.4 Å². The fraction of sp³-hybridized carbons (Fsp3) is 0.333. The van der Waals surface area contributed by atoms with Crippen molar-refractivity contribution in [2.24, 2.45) is 0 Å². The Morgan fingerprint density at radius 2 is 1.24 bits per heavy atom. The van der Waals surface area contributed by atoms with Crippen LogP contribution in [0.1, 0.15) is 77.3 Å². The third-order valence-corrected chi connectivity index (χ3v) is 15.5. The summed E-state index contributed by atoms with van der Waals surface area (Å²) in [6, 6.07) is 16.1. The Morgan fingerprint density at radius 3 is 1.85 bits per heavy atom. The number of nitrogens with one attached hydrogen (secondary N) is 1. The first kappa shape index (κ1) is 58.8. The minimum atomic E-state index is -4.68. The first-order valence-electron chi connectivity index (χ1n) is 22.8. The number of unbranched alkanes of at least 4 members (excludes halogenated alkanes) is 3. The molecule has 0 bridgehead atoms. The van der Waals surface area contributed by atoms with E-state index >= 15 is 0 Å². The fourth-order valence-electron chi connectivity index (χ4n) is 9.75. The molecule has 0 saturated heterocycles. The van der Waals surface area contributed by atoms with Crippen LogP contribution in [0, 0.1) is 0 Å². The quantitative estimate of drug-likeness (QED) is 0.0316. The second-order valence-corrected chi connectivity index (χ2v) is 22.8. The molecule has 4 aromatic carbocycles. The molecule has 7 rings (SSSR count). The van der Waals surface area contributed by atoms with Crippen LogP contribution in [0.3, 0.4) is 0 Å². The van der Waals surface area contributed by atoms with Gasteiger partial charge in [0.15, 0.2) is 5.71 Å². The van der Waals surface area contributed by atoms with Gasteiger partial charge >= 0.3 is 59.1 Å². The Hall–Kier alpha value is -4.09. The summed E-state index contributed by atoms with van der Waals surface area (Å²) in [7, 11) is -13.7. The SMILES string of the molecule is CC1(C)C(/C=C/C=C/C=C/C=C2/N(CCCCS(=O)(=O)[O-])c3ccc4cc(S(=O)(=O)[O-])ccc4c3C2(C)C)=[N+](CCCCCC(=O)NCCN2C(=O)C=CC2=O)c2ccc3cc(S(=O)(=O)[O-])ccc3c21.[Na+].[Na+]. The Bertz CT molecular complexity index is 3330. The molecule has 3 heterocycles. The topological polar surface area (TPSA) is 244 Å². The summed E-state index contributed by atoms with van der Waals surface area (Å²) in [6.07, 6.45) is 18.8. The van der Waals surface area contributed by atoms with Crippen molar-refractivity contribution in [3.63, 3.8) is 0 Å². The maximum absolute atomic E-state index is 12.6. The monoisotopic (exact) mass is 1060 g/mol. The third-order valence-electron chi connectivity index (χ3n) is 13.0. The largest absolute Gasteiger partial charge is 1.00 e. The van der Waals surface area contributed by atoms with Crippen molar-refractivity contribution in [3.05, 3.63) is 132 Å². The summed E-state index contributed by atoms with van der Waals surface area (Å²) in [5.74, 6) is -1.47. The molecule has 0 aromatic heterocycles. The molecule has 370 valence electrons. The van der Waals surface area contributed by atoms with Crippen LogP contribution >= 0.6 is 0 Å². The molecule has 0 fully saturated rings. The van der Waals surface area contributed by atoms with Crippen LogP contribution in [0.2, 0.25) is 0 Å². The van der Waals surface area contributed by atoms with Crippen molar-refractivity contribution in [1.29, 1.82) is 0 Å². The summed E-state index contributed by atoms with van der Waals surface area (Å²) < 4.78 is 108. The predicted molar refractivity (Wildman–Crippen MR) is 264 cm³/mol. The molecule has 4 aromatic rings. The summed E-state index contributed by atoms with van der Waals surface area (Å²) >= 11 is 0. The van der Waals surface area contributed by atoms with Gasteiger partial charge in [-0.3, -0.25) is 19.3 Å². The van der Waals surface area contributed by atoms with Gasteiger partial charge < -0.3 is 23.9 Å². The number of benzene rings is 4. The van der Waals surface area contributed by atoms with Crippen LogP contribution in [0.4, 0.5) is 11.4 Å². The zero-order chi connectivity index (χ0) is 50.8. The van der Waals surface area contributed by atoms with Crippen molar-refractivity contribution >= 4 is 86.7 Å². The number of nitrogens with zero attached hydrogens (tertiary/aromatic N) is 3. The Balaban J connectivity index is 0.00000481. The Labute approximate surface area is 465 Å². The molecule has 0 atom stereocenters. The number of carbonyl (C=O) groups is 3. The number of fused-ring (bicyclic) bond motifs is 6. The van der Waals surface area contributed by atoms with Crippen molar-refractivity contribution in [2.75, 3.05) is 36.8 Å². The molecule has 16 nitrogen and oxygen atoms in total. The van der Waals surface area contributed by atoms with Gasteiger partial charge in [0, 0.05) is 84.9 Å². The third kappa shape index (κ3) is 13.2. The first-order chi connectivity index (χ1) is 32.9. The maximum Gasteiger partial charge on any atom is 1.00 e. The van der Waals surface area contributed by atoms with Crippen LogP contribution in [-0.4, -0.2) is 104 Å². The molecule has 3 amide bonds. The van der Waals surface area contributed by atoms with Gasteiger partial charge in [-0.05, 0) is 109 Å². The molecule has 0 spiro atoms. The molecular formula is C51H54N4Na2O12S3. The van der Waals surface area contributed by atoms with Crippen LogP contribution in [0.5, 0.6) is 0 Å². The number of rotatable bonds is 20. The van der Waals surface area contributed by atoms with Crippen molar-refractivity contribution in [1.82, 2.24) is 10.2 Å². The molecule has 72 heavy (non-hydrogen) atoms. The number of carbonyl (C=O) groups excluding carboxylic acids is 3. The molecule has 3 aliphatic heterocycles. The van der Waals surface area contributed by atoms with Crippen LogP contribution in [0.15, 0.2) is 131 Å². The zero-order valence-corrected chi connectivity index (χ0v) is 47.7. The standard InChI is InChI=1S/C51H56N4O12S3.2Na/c1-50(2)43(53(41-24-18-35-33-37(69(62,63)64)20-22-39(35)48(41)50)29-12-8-11-17-45(56)52-28-31-55-46(57)26-27-47(55)58)15-9-6-5-7-10-16-44-51(3,4)49-40-23-21-38(70(65,66)67)34-36(40)19-25-42(49)54(44)30-13-14-32-68(59,60)61;;/h5-7,9-10,15-16,18-27,33-34H,8,11-14,17,28-32H2,1-4H3,(H3-,52,56,59,60,61,62,63,64,65,66,67);;/q;2*+1/p-2. The van der Waals surface area contributed by atoms with Gasteiger partial charge in [-0.15, -0.1) is 0 Å². The van der Waals surface area contributed by atoms with E-state index in [1.165, 1.54) is 36.4 Å². The summed E-state index contributed by atoms with van der Waals surface area (Å²) in [6.45, 7) is 9.51. The molecule has 21 heteroatoms. The van der Waals surface area contributed by atoms with Gasteiger partial charge in [0.2, 0.25) is 11.6 Å². The number of anilines is 1. The van der Waals surface area contributed by atoms with Crippen LogP contribution in [-0.2, 0) is 55.6 Å².